The Morgan fingerprint density at radius 3 is 2.89 bits per heavy atom. The molecule has 0 unspecified atom stereocenters. The van der Waals surface area contributed by atoms with E-state index < -0.39 is 10.0 Å². The number of aryl methyl sites for hydroxylation is 1. The van der Waals surface area contributed by atoms with Gasteiger partial charge < -0.3 is 0 Å². The second-order valence-electron chi connectivity index (χ2n) is 4.32. The largest absolute Gasteiger partial charge is 0.281 e. The smallest absolute Gasteiger partial charge is 0.267 e. The maximum atomic E-state index is 12.1. The number of hydrogen-bond donors (Lipinski definition) is 2. The predicted octanol–water partition coefficient (Wildman–Crippen LogP) is 1.85. The maximum Gasteiger partial charge on any atom is 0.267 e. The van der Waals surface area contributed by atoms with E-state index >= 15 is 0 Å². The molecule has 96 valence electrons. The maximum absolute atomic E-state index is 12.1. The van der Waals surface area contributed by atoms with Gasteiger partial charge in [-0.25, -0.2) is 13.4 Å². The van der Waals surface area contributed by atoms with E-state index in [2.05, 4.69) is 19.9 Å². The summed E-state index contributed by atoms with van der Waals surface area (Å²) in [6.45, 7) is 1.67. The van der Waals surface area contributed by atoms with E-state index in [4.69, 9.17) is 0 Å². The first-order chi connectivity index (χ1) is 8.56. The van der Waals surface area contributed by atoms with Gasteiger partial charge in [0.05, 0.1) is 17.6 Å². The molecule has 2 N–H and O–H groups in total. The van der Waals surface area contributed by atoms with Gasteiger partial charge in [0.15, 0.2) is 5.13 Å². The van der Waals surface area contributed by atoms with Gasteiger partial charge in [0, 0.05) is 11.3 Å². The molecule has 2 aromatic rings. The van der Waals surface area contributed by atoms with Gasteiger partial charge >= 0.3 is 0 Å². The second-order valence-corrected chi connectivity index (χ2v) is 6.83. The van der Waals surface area contributed by atoms with Crippen molar-refractivity contribution >= 4 is 26.5 Å². The van der Waals surface area contributed by atoms with Gasteiger partial charge in [-0.1, -0.05) is 0 Å². The first-order valence-corrected chi connectivity index (χ1v) is 7.91. The zero-order valence-electron chi connectivity index (χ0n) is 9.67. The first-order valence-electron chi connectivity index (χ1n) is 5.54. The van der Waals surface area contributed by atoms with Crippen molar-refractivity contribution in [2.45, 2.75) is 30.6 Å². The number of nitrogens with zero attached hydrogens (tertiary/aromatic N) is 2. The minimum Gasteiger partial charge on any atom is -0.281 e. The van der Waals surface area contributed by atoms with Gasteiger partial charge in [-0.05, 0) is 19.8 Å². The first kappa shape index (κ1) is 11.7. The van der Waals surface area contributed by atoms with Gasteiger partial charge in [-0.3, -0.25) is 9.82 Å². The number of H-pyrrole nitrogens is 1. The molecule has 0 amide bonds. The standard InChI is InChI=1S/C10H12N4O2S2/c1-6-9(4-11-13-6)18(15,16)14-10-12-8(5-17-10)7-2-3-7/h4-5,7H,2-3H2,1H3,(H,11,13)(H,12,14). The average Bonchev–Trinajstić information content (AvgIpc) is 2.90. The number of nitrogens with one attached hydrogen (secondary N) is 2. The van der Waals surface area contributed by atoms with Crippen LogP contribution in [0.4, 0.5) is 5.13 Å². The summed E-state index contributed by atoms with van der Waals surface area (Å²) in [4.78, 5) is 4.45. The van der Waals surface area contributed by atoms with Gasteiger partial charge in [0.1, 0.15) is 4.90 Å². The normalized spacial score (nSPS) is 15.8. The summed E-state index contributed by atoms with van der Waals surface area (Å²) >= 11 is 1.32. The molecule has 0 spiro atoms. The van der Waals surface area contributed by atoms with Gasteiger partial charge in [0.25, 0.3) is 10.0 Å². The Balaban J connectivity index is 1.84. The van der Waals surface area contributed by atoms with Crippen molar-refractivity contribution in [1.82, 2.24) is 15.2 Å². The molecule has 1 aliphatic carbocycles. The number of aromatic nitrogens is 3. The lowest BCUT2D eigenvalue weighted by Crippen LogP contribution is -2.13. The van der Waals surface area contributed by atoms with Gasteiger partial charge in [-0.2, -0.15) is 5.10 Å². The van der Waals surface area contributed by atoms with Crippen LogP contribution in [-0.4, -0.2) is 23.6 Å². The third-order valence-corrected chi connectivity index (χ3v) is 5.17. The van der Waals surface area contributed by atoms with Crippen molar-refractivity contribution in [3.05, 3.63) is 23.0 Å². The molecule has 1 aliphatic rings. The molecule has 18 heavy (non-hydrogen) atoms. The molecule has 2 heterocycles. The van der Waals surface area contributed by atoms with Crippen LogP contribution >= 0.6 is 11.3 Å². The van der Waals surface area contributed by atoms with Crippen LogP contribution in [0.5, 0.6) is 0 Å². The molecule has 6 nitrogen and oxygen atoms in total. The lowest BCUT2D eigenvalue weighted by Gasteiger charge is -2.03. The van der Waals surface area contributed by atoms with Crippen molar-refractivity contribution in [1.29, 1.82) is 0 Å². The summed E-state index contributed by atoms with van der Waals surface area (Å²) in [6.07, 6.45) is 3.60. The van der Waals surface area contributed by atoms with Crippen LogP contribution in [0.15, 0.2) is 16.5 Å². The third-order valence-electron chi connectivity index (χ3n) is 2.81. The van der Waals surface area contributed by atoms with Crippen molar-refractivity contribution in [2.24, 2.45) is 0 Å². The summed E-state index contributed by atoms with van der Waals surface area (Å²) in [7, 11) is -3.59. The number of rotatable bonds is 4. The van der Waals surface area contributed by atoms with Gasteiger partial charge in [-0.15, -0.1) is 11.3 Å². The number of aromatic amines is 1. The van der Waals surface area contributed by atoms with E-state index in [0.717, 1.165) is 18.5 Å². The molecule has 0 aromatic carbocycles. The van der Waals surface area contributed by atoms with Crippen LogP contribution in [0.1, 0.15) is 30.1 Å². The lowest BCUT2D eigenvalue weighted by atomic mass is 10.3. The average molecular weight is 284 g/mol. The highest BCUT2D eigenvalue weighted by Gasteiger charge is 2.27. The summed E-state index contributed by atoms with van der Waals surface area (Å²) in [6, 6.07) is 0. The molecular formula is C10H12N4O2S2. The molecule has 2 aromatic heterocycles. The number of hydrogen-bond acceptors (Lipinski definition) is 5. The fourth-order valence-electron chi connectivity index (χ4n) is 1.68. The highest BCUT2D eigenvalue weighted by molar-refractivity contribution is 7.93. The fraction of sp³-hybridized carbons (Fsp3) is 0.400. The Morgan fingerprint density at radius 2 is 2.28 bits per heavy atom. The Kier molecular flexibility index (Phi) is 2.63. The van der Waals surface area contributed by atoms with Crippen LogP contribution in [0.25, 0.3) is 0 Å². The molecule has 3 rings (SSSR count). The summed E-state index contributed by atoms with van der Waals surface area (Å²) in [5.41, 5.74) is 1.50. The molecule has 0 aliphatic heterocycles. The number of thiazole rings is 1. The minimum atomic E-state index is -3.59. The fourth-order valence-corrected chi connectivity index (χ4v) is 3.86. The third kappa shape index (κ3) is 2.13. The van der Waals surface area contributed by atoms with Crippen LogP contribution in [0, 0.1) is 6.92 Å². The van der Waals surface area contributed by atoms with Crippen LogP contribution in [-0.2, 0) is 10.0 Å². The molecule has 0 saturated heterocycles. The van der Waals surface area contributed by atoms with E-state index in [0.29, 0.717) is 16.7 Å². The van der Waals surface area contributed by atoms with E-state index in [1.807, 2.05) is 5.38 Å². The van der Waals surface area contributed by atoms with E-state index in [9.17, 15) is 8.42 Å². The van der Waals surface area contributed by atoms with Crippen molar-refractivity contribution in [3.63, 3.8) is 0 Å². The number of anilines is 1. The molecule has 0 bridgehead atoms. The predicted molar refractivity (Wildman–Crippen MR) is 68.2 cm³/mol. The Labute approximate surface area is 109 Å². The van der Waals surface area contributed by atoms with E-state index in [-0.39, 0.29) is 4.90 Å². The van der Waals surface area contributed by atoms with E-state index in [1.54, 1.807) is 6.92 Å². The topological polar surface area (TPSA) is 87.7 Å². The molecule has 0 atom stereocenters. The zero-order valence-corrected chi connectivity index (χ0v) is 11.3. The minimum absolute atomic E-state index is 0.158. The Hall–Kier alpha value is -1.41. The summed E-state index contributed by atoms with van der Waals surface area (Å²) in [5.74, 6) is 0.523. The van der Waals surface area contributed by atoms with E-state index in [1.165, 1.54) is 17.5 Å². The quantitative estimate of drug-likeness (QED) is 0.897. The molecule has 0 radical (unpaired) electrons. The van der Waals surface area contributed by atoms with Crippen LogP contribution in [0.3, 0.4) is 0 Å². The van der Waals surface area contributed by atoms with Crippen molar-refractivity contribution in [3.8, 4) is 0 Å². The molecule has 1 saturated carbocycles. The molecular weight excluding hydrogens is 272 g/mol. The Morgan fingerprint density at radius 1 is 1.50 bits per heavy atom. The Bertz CT molecular complexity index is 670. The summed E-state index contributed by atoms with van der Waals surface area (Å²) < 4.78 is 26.6. The van der Waals surface area contributed by atoms with Crippen LogP contribution < -0.4 is 4.72 Å². The summed E-state index contributed by atoms with van der Waals surface area (Å²) in [5, 5.41) is 8.65. The monoisotopic (exact) mass is 284 g/mol. The molecule has 8 heteroatoms. The van der Waals surface area contributed by atoms with Crippen molar-refractivity contribution in [2.75, 3.05) is 4.72 Å². The lowest BCUT2D eigenvalue weighted by molar-refractivity contribution is 0.600. The second kappa shape index (κ2) is 4.06. The molecule has 1 fully saturated rings. The highest BCUT2D eigenvalue weighted by Crippen LogP contribution is 2.41. The van der Waals surface area contributed by atoms with Crippen molar-refractivity contribution < 1.29 is 8.42 Å². The number of sulfonamides is 1. The van der Waals surface area contributed by atoms with Crippen LogP contribution in [0.2, 0.25) is 0 Å². The SMILES string of the molecule is Cc1[nH]ncc1S(=O)(=O)Nc1nc(C2CC2)cs1. The van der Waals surface area contributed by atoms with Gasteiger partial charge in [0.2, 0.25) is 0 Å². The highest BCUT2D eigenvalue weighted by atomic mass is 32.2. The zero-order chi connectivity index (χ0) is 12.8.